The third-order valence-corrected chi connectivity index (χ3v) is 4.66. The molecule has 1 amide bonds. The molecule has 2 rings (SSSR count). The van der Waals surface area contributed by atoms with Gasteiger partial charge in [-0.15, -0.1) is 0 Å². The first-order valence-electron chi connectivity index (χ1n) is 9.26. The summed E-state index contributed by atoms with van der Waals surface area (Å²) in [7, 11) is 1.95. The molecule has 0 atom stereocenters. The fourth-order valence-electron chi connectivity index (χ4n) is 3.09. The van der Waals surface area contributed by atoms with Crippen molar-refractivity contribution in [3.05, 3.63) is 23.8 Å². The van der Waals surface area contributed by atoms with Crippen LogP contribution in [0.4, 0.5) is 24.5 Å². The van der Waals surface area contributed by atoms with Crippen molar-refractivity contribution in [3.63, 3.8) is 0 Å². The van der Waals surface area contributed by atoms with Crippen LogP contribution in [-0.2, 0) is 11.0 Å². The van der Waals surface area contributed by atoms with Gasteiger partial charge in [-0.25, -0.2) is 0 Å². The Kier molecular flexibility index (Phi) is 7.32. The smallest absolute Gasteiger partial charge is 0.370 e. The monoisotopic (exact) mass is 371 g/mol. The summed E-state index contributed by atoms with van der Waals surface area (Å²) in [5.74, 6) is -0.256. The third-order valence-electron chi connectivity index (χ3n) is 4.66. The van der Waals surface area contributed by atoms with Gasteiger partial charge in [-0.1, -0.05) is 13.3 Å². The zero-order valence-corrected chi connectivity index (χ0v) is 15.5. The zero-order valence-electron chi connectivity index (χ0n) is 15.5. The van der Waals surface area contributed by atoms with Crippen LogP contribution in [0.1, 0.15) is 44.6 Å². The molecular weight excluding hydrogens is 343 g/mol. The van der Waals surface area contributed by atoms with Crippen molar-refractivity contribution in [2.45, 2.75) is 45.2 Å². The highest BCUT2D eigenvalue weighted by atomic mass is 19.4. The second kappa shape index (κ2) is 9.26. The number of carbonyl (C=O) groups is 1. The van der Waals surface area contributed by atoms with E-state index in [1.165, 1.54) is 6.07 Å². The fourth-order valence-corrected chi connectivity index (χ4v) is 3.09. The number of alkyl halides is 3. The van der Waals surface area contributed by atoms with E-state index in [-0.39, 0.29) is 18.0 Å². The highest BCUT2D eigenvalue weighted by Gasteiger charge is 2.32. The Hall–Kier alpha value is -1.76. The molecule has 146 valence electrons. The number of amides is 1. The number of halogens is 3. The van der Waals surface area contributed by atoms with E-state index in [4.69, 9.17) is 0 Å². The lowest BCUT2D eigenvalue weighted by molar-refractivity contribution is -0.137. The van der Waals surface area contributed by atoms with Gasteiger partial charge < -0.3 is 15.1 Å². The van der Waals surface area contributed by atoms with Crippen LogP contribution in [-0.4, -0.2) is 44.0 Å². The van der Waals surface area contributed by atoms with Crippen molar-refractivity contribution in [2.24, 2.45) is 0 Å². The predicted octanol–water partition coefficient (Wildman–Crippen LogP) is 4.37. The molecule has 1 aromatic rings. The van der Waals surface area contributed by atoms with Crippen LogP contribution in [0.25, 0.3) is 0 Å². The number of rotatable bonds is 8. The first-order chi connectivity index (χ1) is 12.3. The van der Waals surface area contributed by atoms with Crippen LogP contribution in [0, 0.1) is 0 Å². The summed E-state index contributed by atoms with van der Waals surface area (Å²) in [4.78, 5) is 16.4. The van der Waals surface area contributed by atoms with Crippen LogP contribution in [0.15, 0.2) is 18.2 Å². The van der Waals surface area contributed by atoms with Gasteiger partial charge in [0.1, 0.15) is 0 Å². The molecule has 0 aliphatic carbocycles. The quantitative estimate of drug-likeness (QED) is 0.737. The van der Waals surface area contributed by atoms with Crippen molar-refractivity contribution in [3.8, 4) is 0 Å². The molecule has 1 aliphatic rings. The third kappa shape index (κ3) is 5.90. The molecule has 0 radical (unpaired) electrons. The Balaban J connectivity index is 2.08. The maximum atomic E-state index is 13.1. The van der Waals surface area contributed by atoms with Crippen LogP contribution in [0.3, 0.4) is 0 Å². The number of nitrogens with zero attached hydrogens (tertiary/aromatic N) is 2. The molecule has 7 heteroatoms. The van der Waals surface area contributed by atoms with E-state index in [1.807, 2.05) is 11.9 Å². The summed E-state index contributed by atoms with van der Waals surface area (Å²) in [5, 5.41) is 2.70. The van der Waals surface area contributed by atoms with Crippen molar-refractivity contribution in [2.75, 3.05) is 43.4 Å². The number of hydrogen-bond acceptors (Lipinski definition) is 3. The second-order valence-corrected chi connectivity index (χ2v) is 6.88. The van der Waals surface area contributed by atoms with Crippen molar-refractivity contribution < 1.29 is 18.0 Å². The first-order valence-corrected chi connectivity index (χ1v) is 9.26. The topological polar surface area (TPSA) is 35.6 Å². The molecule has 4 nitrogen and oxygen atoms in total. The summed E-state index contributed by atoms with van der Waals surface area (Å²) in [6, 6.07) is 3.60. The Morgan fingerprint density at radius 1 is 1.23 bits per heavy atom. The Morgan fingerprint density at radius 2 is 1.92 bits per heavy atom. The fraction of sp³-hybridized carbons (Fsp3) is 0.632. The zero-order chi connectivity index (χ0) is 19.2. The van der Waals surface area contributed by atoms with E-state index in [1.54, 1.807) is 0 Å². The van der Waals surface area contributed by atoms with Gasteiger partial charge in [0.05, 0.1) is 16.9 Å². The molecule has 1 fully saturated rings. The van der Waals surface area contributed by atoms with Gasteiger partial charge in [-0.2, -0.15) is 13.2 Å². The molecule has 0 spiro atoms. The maximum absolute atomic E-state index is 13.1. The lowest BCUT2D eigenvalue weighted by atomic mass is 10.1. The minimum Gasteiger partial charge on any atom is -0.370 e. The summed E-state index contributed by atoms with van der Waals surface area (Å²) >= 11 is 0. The number of carbonyl (C=O) groups excluding carboxylic acids is 1. The van der Waals surface area contributed by atoms with Gasteiger partial charge in [0.2, 0.25) is 5.91 Å². The average molecular weight is 371 g/mol. The van der Waals surface area contributed by atoms with E-state index in [2.05, 4.69) is 17.1 Å². The first kappa shape index (κ1) is 20.6. The van der Waals surface area contributed by atoms with Gasteiger partial charge in [0, 0.05) is 26.1 Å². The minimum absolute atomic E-state index is 0.253. The highest BCUT2D eigenvalue weighted by molar-refractivity contribution is 5.94. The molecule has 0 aromatic heterocycles. The number of anilines is 2. The van der Waals surface area contributed by atoms with Gasteiger partial charge >= 0.3 is 6.18 Å². The van der Waals surface area contributed by atoms with E-state index >= 15 is 0 Å². The van der Waals surface area contributed by atoms with Crippen LogP contribution in [0.5, 0.6) is 0 Å². The Bertz CT molecular complexity index is 598. The summed E-state index contributed by atoms with van der Waals surface area (Å²) in [6.07, 6.45) is -0.00261. The van der Waals surface area contributed by atoms with E-state index in [0.717, 1.165) is 57.5 Å². The molecule has 0 saturated carbocycles. The number of hydrogen-bond donors (Lipinski definition) is 1. The molecule has 0 bridgehead atoms. The maximum Gasteiger partial charge on any atom is 0.416 e. The van der Waals surface area contributed by atoms with E-state index in [9.17, 15) is 18.0 Å². The molecule has 1 heterocycles. The second-order valence-electron chi connectivity index (χ2n) is 6.88. The molecule has 1 aromatic carbocycles. The van der Waals surface area contributed by atoms with Crippen LogP contribution in [0.2, 0.25) is 0 Å². The molecule has 0 unspecified atom stereocenters. The van der Waals surface area contributed by atoms with Crippen molar-refractivity contribution in [1.82, 2.24) is 4.90 Å². The van der Waals surface area contributed by atoms with Crippen LogP contribution >= 0.6 is 0 Å². The number of unbranched alkanes of at least 4 members (excludes halogenated alkanes) is 1. The SMILES string of the molecule is CCCCN(C)CCC(=O)Nc1cc(C(F)(F)F)ccc1N1CCCC1. The summed E-state index contributed by atoms with van der Waals surface area (Å²) in [5.41, 5.74) is 0.182. The molecule has 26 heavy (non-hydrogen) atoms. The minimum atomic E-state index is -4.43. The normalized spacial score (nSPS) is 14.9. The van der Waals surface area contributed by atoms with Crippen molar-refractivity contribution in [1.29, 1.82) is 0 Å². The number of benzene rings is 1. The van der Waals surface area contributed by atoms with E-state index < -0.39 is 11.7 Å². The lowest BCUT2D eigenvalue weighted by Gasteiger charge is -2.23. The van der Waals surface area contributed by atoms with Gasteiger partial charge in [-0.3, -0.25) is 4.79 Å². The summed E-state index contributed by atoms with van der Waals surface area (Å²) in [6.45, 7) is 5.20. The molecule has 1 aliphatic heterocycles. The largest absolute Gasteiger partial charge is 0.416 e. The standard InChI is InChI=1S/C19H28F3N3O/c1-3-4-10-24(2)13-9-18(26)23-16-14-15(19(20,21)22)7-8-17(16)25-11-5-6-12-25/h7-8,14H,3-6,9-13H2,1-2H3,(H,23,26). The average Bonchev–Trinajstić information content (AvgIpc) is 3.11. The highest BCUT2D eigenvalue weighted by Crippen LogP contribution is 2.36. The van der Waals surface area contributed by atoms with Gasteiger partial charge in [0.15, 0.2) is 0 Å². The summed E-state index contributed by atoms with van der Waals surface area (Å²) < 4.78 is 39.2. The Labute approximate surface area is 153 Å². The number of nitrogens with one attached hydrogen (secondary N) is 1. The van der Waals surface area contributed by atoms with Crippen LogP contribution < -0.4 is 10.2 Å². The molecular formula is C19H28F3N3O. The predicted molar refractivity (Wildman–Crippen MR) is 98.5 cm³/mol. The van der Waals surface area contributed by atoms with Gasteiger partial charge in [-0.05, 0) is 51.1 Å². The lowest BCUT2D eigenvalue weighted by Crippen LogP contribution is -2.26. The van der Waals surface area contributed by atoms with Gasteiger partial charge in [0.25, 0.3) is 0 Å². The van der Waals surface area contributed by atoms with E-state index in [0.29, 0.717) is 12.2 Å². The molecule has 1 saturated heterocycles. The molecule has 1 N–H and O–H groups in total. The van der Waals surface area contributed by atoms with Crippen molar-refractivity contribution >= 4 is 17.3 Å². The Morgan fingerprint density at radius 3 is 2.54 bits per heavy atom.